The molecule has 0 bridgehead atoms. The molecule has 2 N–H and O–H groups in total. The minimum atomic E-state index is -0.196. The van der Waals surface area contributed by atoms with E-state index in [0.29, 0.717) is 24.7 Å². The Labute approximate surface area is 87.3 Å². The van der Waals surface area contributed by atoms with E-state index in [9.17, 15) is 4.79 Å². The van der Waals surface area contributed by atoms with Crippen molar-refractivity contribution in [2.45, 2.75) is 13.3 Å². The molecule has 1 amide bonds. The number of hydrogen-bond acceptors (Lipinski definition) is 5. The van der Waals surface area contributed by atoms with Gasteiger partial charge in [0.15, 0.2) is 5.82 Å². The van der Waals surface area contributed by atoms with Crippen LogP contribution in [0, 0.1) is 0 Å². The molecule has 0 fully saturated rings. The van der Waals surface area contributed by atoms with E-state index >= 15 is 0 Å². The van der Waals surface area contributed by atoms with Crippen molar-refractivity contribution < 1.29 is 14.6 Å². The molecule has 0 unspecified atom stereocenters. The highest BCUT2D eigenvalue weighted by atomic mass is 16.5. The zero-order valence-electron chi connectivity index (χ0n) is 8.43. The number of nitrogens with zero attached hydrogens (tertiary/aromatic N) is 2. The van der Waals surface area contributed by atoms with Crippen molar-refractivity contribution >= 4 is 11.7 Å². The van der Waals surface area contributed by atoms with Gasteiger partial charge in [0.25, 0.3) is 0 Å². The van der Waals surface area contributed by atoms with Crippen molar-refractivity contribution in [1.29, 1.82) is 0 Å². The standard InChI is InChI=1S/C9H13N3O3/c1-7(14)12-8-5-11-9(6-10-8)15-4-2-3-13/h5-6,13H,2-4H2,1H3,(H,10,12,14). The Balaban J connectivity index is 2.45. The third-order valence-electron chi connectivity index (χ3n) is 1.48. The number of aromatic nitrogens is 2. The molecule has 0 aromatic carbocycles. The number of aliphatic hydroxyl groups is 1. The number of amides is 1. The van der Waals surface area contributed by atoms with E-state index in [0.717, 1.165) is 0 Å². The average molecular weight is 211 g/mol. The number of hydrogen-bond donors (Lipinski definition) is 2. The van der Waals surface area contributed by atoms with Crippen molar-refractivity contribution in [3.8, 4) is 5.88 Å². The fraction of sp³-hybridized carbons (Fsp3) is 0.444. The van der Waals surface area contributed by atoms with Gasteiger partial charge in [0.05, 0.1) is 19.0 Å². The second kappa shape index (κ2) is 5.92. The van der Waals surface area contributed by atoms with E-state index in [-0.39, 0.29) is 12.5 Å². The maximum Gasteiger partial charge on any atom is 0.232 e. The van der Waals surface area contributed by atoms with Crippen molar-refractivity contribution in [1.82, 2.24) is 9.97 Å². The maximum absolute atomic E-state index is 10.7. The Morgan fingerprint density at radius 3 is 2.87 bits per heavy atom. The van der Waals surface area contributed by atoms with Gasteiger partial charge >= 0.3 is 0 Å². The molecule has 0 saturated carbocycles. The van der Waals surface area contributed by atoms with Crippen LogP contribution < -0.4 is 10.1 Å². The predicted octanol–water partition coefficient (Wildman–Crippen LogP) is 0.196. The summed E-state index contributed by atoms with van der Waals surface area (Å²) in [7, 11) is 0. The van der Waals surface area contributed by atoms with Crippen LogP contribution in [-0.4, -0.2) is 34.2 Å². The van der Waals surface area contributed by atoms with E-state index < -0.39 is 0 Å². The Hall–Kier alpha value is -1.69. The quantitative estimate of drug-likeness (QED) is 0.679. The first-order chi connectivity index (χ1) is 7.22. The van der Waals surface area contributed by atoms with Gasteiger partial charge in [-0.2, -0.15) is 0 Å². The molecular formula is C9H13N3O3. The van der Waals surface area contributed by atoms with Crippen molar-refractivity contribution in [2.75, 3.05) is 18.5 Å². The van der Waals surface area contributed by atoms with Crippen LogP contribution in [0.4, 0.5) is 5.82 Å². The van der Waals surface area contributed by atoms with Crippen LogP contribution in [0.5, 0.6) is 5.88 Å². The molecule has 0 spiro atoms. The predicted molar refractivity (Wildman–Crippen MR) is 53.5 cm³/mol. The van der Waals surface area contributed by atoms with Crippen LogP contribution in [0.25, 0.3) is 0 Å². The van der Waals surface area contributed by atoms with E-state index in [4.69, 9.17) is 9.84 Å². The number of rotatable bonds is 5. The van der Waals surface area contributed by atoms with E-state index in [1.165, 1.54) is 19.3 Å². The van der Waals surface area contributed by atoms with E-state index in [2.05, 4.69) is 15.3 Å². The summed E-state index contributed by atoms with van der Waals surface area (Å²) in [5, 5.41) is 11.0. The topological polar surface area (TPSA) is 84.3 Å². The molecule has 0 saturated heterocycles. The third-order valence-corrected chi connectivity index (χ3v) is 1.48. The minimum Gasteiger partial charge on any atom is -0.476 e. The minimum absolute atomic E-state index is 0.0808. The van der Waals surface area contributed by atoms with E-state index in [1.807, 2.05) is 0 Å². The lowest BCUT2D eigenvalue weighted by atomic mass is 10.5. The molecule has 0 aliphatic heterocycles. The maximum atomic E-state index is 10.7. The van der Waals surface area contributed by atoms with Gasteiger partial charge in [-0.1, -0.05) is 0 Å². The first-order valence-corrected chi connectivity index (χ1v) is 4.55. The summed E-state index contributed by atoms with van der Waals surface area (Å²) in [5.41, 5.74) is 0. The van der Waals surface area contributed by atoms with Gasteiger partial charge in [-0.3, -0.25) is 4.79 Å². The van der Waals surface area contributed by atoms with E-state index in [1.54, 1.807) is 0 Å². The normalized spacial score (nSPS) is 9.73. The van der Waals surface area contributed by atoms with Crippen LogP contribution in [0.3, 0.4) is 0 Å². The molecule has 6 heteroatoms. The van der Waals surface area contributed by atoms with Gasteiger partial charge < -0.3 is 15.2 Å². The highest BCUT2D eigenvalue weighted by Crippen LogP contribution is 2.07. The molecule has 0 aliphatic rings. The number of aliphatic hydroxyl groups excluding tert-OH is 1. The molecule has 0 atom stereocenters. The van der Waals surface area contributed by atoms with Crippen molar-refractivity contribution in [2.24, 2.45) is 0 Å². The molecule has 6 nitrogen and oxygen atoms in total. The molecule has 1 aromatic heterocycles. The first-order valence-electron chi connectivity index (χ1n) is 4.55. The van der Waals surface area contributed by atoms with Crippen LogP contribution in [0.15, 0.2) is 12.4 Å². The largest absolute Gasteiger partial charge is 0.476 e. The summed E-state index contributed by atoms with van der Waals surface area (Å²) in [6.45, 7) is 1.87. The molecule has 1 aromatic rings. The summed E-state index contributed by atoms with van der Waals surface area (Å²) in [6, 6.07) is 0. The van der Waals surface area contributed by atoms with Gasteiger partial charge in [0, 0.05) is 20.0 Å². The average Bonchev–Trinajstić information content (AvgIpc) is 2.20. The SMILES string of the molecule is CC(=O)Nc1cnc(OCCCO)cn1. The Morgan fingerprint density at radius 2 is 2.33 bits per heavy atom. The van der Waals surface area contributed by atoms with Crippen LogP contribution in [0.2, 0.25) is 0 Å². The molecule has 82 valence electrons. The van der Waals surface area contributed by atoms with Gasteiger partial charge in [0.1, 0.15) is 0 Å². The molecule has 1 heterocycles. The second-order valence-corrected chi connectivity index (χ2v) is 2.85. The van der Waals surface area contributed by atoms with Crippen LogP contribution in [-0.2, 0) is 4.79 Å². The Morgan fingerprint density at radius 1 is 1.53 bits per heavy atom. The van der Waals surface area contributed by atoms with Crippen LogP contribution in [0.1, 0.15) is 13.3 Å². The molecule has 0 radical (unpaired) electrons. The zero-order chi connectivity index (χ0) is 11.1. The third kappa shape index (κ3) is 4.37. The van der Waals surface area contributed by atoms with Gasteiger partial charge in [0.2, 0.25) is 11.8 Å². The Bertz CT molecular complexity index is 313. The number of carbonyl (C=O) groups is 1. The summed E-state index contributed by atoms with van der Waals surface area (Å²) >= 11 is 0. The number of carbonyl (C=O) groups excluding carboxylic acids is 1. The number of nitrogens with one attached hydrogen (secondary N) is 1. The van der Waals surface area contributed by atoms with Crippen molar-refractivity contribution in [3.05, 3.63) is 12.4 Å². The molecular weight excluding hydrogens is 198 g/mol. The lowest BCUT2D eigenvalue weighted by Gasteiger charge is -2.04. The number of anilines is 1. The molecule has 1 rings (SSSR count). The fourth-order valence-electron chi connectivity index (χ4n) is 0.877. The Kier molecular flexibility index (Phi) is 4.49. The van der Waals surface area contributed by atoms with Crippen molar-refractivity contribution in [3.63, 3.8) is 0 Å². The zero-order valence-corrected chi connectivity index (χ0v) is 8.43. The molecule has 15 heavy (non-hydrogen) atoms. The number of ether oxygens (including phenoxy) is 1. The summed E-state index contributed by atoms with van der Waals surface area (Å²) < 4.78 is 5.16. The highest BCUT2D eigenvalue weighted by Gasteiger charge is 1.99. The summed E-state index contributed by atoms with van der Waals surface area (Å²) in [5.74, 6) is 0.563. The second-order valence-electron chi connectivity index (χ2n) is 2.85. The lowest BCUT2D eigenvalue weighted by Crippen LogP contribution is -2.08. The summed E-state index contributed by atoms with van der Waals surface area (Å²) in [4.78, 5) is 18.5. The highest BCUT2D eigenvalue weighted by molar-refractivity contribution is 5.87. The fourth-order valence-corrected chi connectivity index (χ4v) is 0.877. The first kappa shape index (κ1) is 11.4. The van der Waals surface area contributed by atoms with Gasteiger partial charge in [-0.15, -0.1) is 0 Å². The van der Waals surface area contributed by atoms with Gasteiger partial charge in [-0.05, 0) is 0 Å². The van der Waals surface area contributed by atoms with Crippen LogP contribution >= 0.6 is 0 Å². The monoisotopic (exact) mass is 211 g/mol. The summed E-state index contributed by atoms with van der Waals surface area (Å²) in [6.07, 6.45) is 3.38. The molecule has 0 aliphatic carbocycles. The van der Waals surface area contributed by atoms with Gasteiger partial charge in [-0.25, -0.2) is 9.97 Å². The lowest BCUT2D eigenvalue weighted by molar-refractivity contribution is -0.114. The smallest absolute Gasteiger partial charge is 0.232 e.